The Morgan fingerprint density at radius 1 is 1.04 bits per heavy atom. The summed E-state index contributed by atoms with van der Waals surface area (Å²) in [5, 5.41) is 9.57. The number of pyridine rings is 1. The van der Waals surface area contributed by atoms with E-state index in [1.54, 1.807) is 0 Å². The van der Waals surface area contributed by atoms with Crippen LogP contribution in [0.25, 0.3) is 22.2 Å². The van der Waals surface area contributed by atoms with Crippen LogP contribution >= 0.6 is 0 Å². The van der Waals surface area contributed by atoms with Gasteiger partial charge in [0.05, 0.1) is 24.3 Å². The summed E-state index contributed by atoms with van der Waals surface area (Å²) in [6, 6.07) is 23.4. The van der Waals surface area contributed by atoms with Gasteiger partial charge >= 0.3 is 5.78 Å². The predicted octanol–water partition coefficient (Wildman–Crippen LogP) is 4.71. The van der Waals surface area contributed by atoms with Crippen molar-refractivity contribution < 1.29 is 30.0 Å². The average molecular weight is 498 g/mol. The van der Waals surface area contributed by atoms with Gasteiger partial charge in [-0.3, -0.25) is 9.78 Å². The maximum atomic E-state index is 8.40. The Kier molecular flexibility index (Phi) is 8.03. The normalized spacial score (nSPS) is 10.3. The van der Waals surface area contributed by atoms with Crippen LogP contribution in [0, 0.1) is 6.07 Å². The molecule has 125 valence electrons. The Morgan fingerprint density at radius 3 is 2.33 bits per heavy atom. The zero-order chi connectivity index (χ0) is 16.7. The number of allylic oxidation sites excluding steroid dienone is 2. The van der Waals surface area contributed by atoms with Gasteiger partial charge in [-0.25, -0.2) is 0 Å². The van der Waals surface area contributed by atoms with Crippen LogP contribution in [0.4, 0.5) is 0 Å². The van der Waals surface area contributed by atoms with Gasteiger partial charge < -0.3 is 5.11 Å². The van der Waals surface area contributed by atoms with E-state index in [4.69, 9.17) is 9.90 Å². The first kappa shape index (κ1) is 19.8. The molecule has 2 aromatic carbocycles. The topological polar surface area (TPSA) is 54.5 Å². The second-order valence-corrected chi connectivity index (χ2v) is 5.09. The van der Waals surface area contributed by atoms with Crippen molar-refractivity contribution in [3.05, 3.63) is 78.6 Å². The first-order chi connectivity index (χ1) is 11.1. The summed E-state index contributed by atoms with van der Waals surface area (Å²) >= 11 is 0. The van der Waals surface area contributed by atoms with Gasteiger partial charge in [-0.2, -0.15) is 0 Å². The molecule has 0 aliphatic rings. The molecule has 0 bridgehead atoms. The summed E-state index contributed by atoms with van der Waals surface area (Å²) in [7, 11) is 0. The van der Waals surface area contributed by atoms with E-state index in [9.17, 15) is 0 Å². The summed E-state index contributed by atoms with van der Waals surface area (Å²) in [6.45, 7) is 3.00. The molecule has 0 unspecified atom stereocenters. The fourth-order valence-corrected chi connectivity index (χ4v) is 2.07. The molecule has 0 amide bonds. The fourth-order valence-electron chi connectivity index (χ4n) is 2.07. The zero-order valence-corrected chi connectivity index (χ0v) is 15.9. The third kappa shape index (κ3) is 6.07. The summed E-state index contributed by atoms with van der Waals surface area (Å²) in [6.07, 6.45) is 1.28. The van der Waals surface area contributed by atoms with Crippen molar-refractivity contribution in [1.82, 2.24) is 4.98 Å². The maximum absolute atomic E-state index is 8.40. The van der Waals surface area contributed by atoms with Crippen LogP contribution in [0.5, 0.6) is 0 Å². The van der Waals surface area contributed by atoms with E-state index in [0.717, 1.165) is 16.8 Å². The second kappa shape index (κ2) is 9.76. The van der Waals surface area contributed by atoms with Crippen molar-refractivity contribution in [2.75, 3.05) is 0 Å². The third-order valence-corrected chi connectivity index (χ3v) is 3.00. The van der Waals surface area contributed by atoms with Gasteiger partial charge in [0.1, 0.15) is 0 Å². The summed E-state index contributed by atoms with van der Waals surface area (Å²) in [4.78, 5) is 13.0. The molecule has 0 spiro atoms. The molecule has 0 saturated heterocycles. The summed E-state index contributed by atoms with van der Waals surface area (Å²) in [5.74, 6) is 0.250. The first-order valence-corrected chi connectivity index (χ1v) is 7.29. The van der Waals surface area contributed by atoms with Crippen molar-refractivity contribution in [2.24, 2.45) is 0 Å². The Bertz CT molecular complexity index is 825. The largest absolute Gasteiger partial charge is 0.512 e. The number of para-hydroxylation sites is 1. The standard InChI is InChI=1S/C15H10N.C5H8O2.Ir/c1-2-6-12(7-3-1)15-11-10-13-8-4-5-9-14(13)16-15;1-4(6)3-5(2)7;/h1-6,8-11H;3,6H,1-2H3;/q-1;;/p+1/b;4-3-;. The van der Waals surface area contributed by atoms with E-state index in [-0.39, 0.29) is 31.6 Å². The number of hydrogen-bond acceptors (Lipinski definition) is 2. The van der Waals surface area contributed by atoms with Crippen LogP contribution < -0.4 is 0 Å². The monoisotopic (exact) mass is 498 g/mol. The molecule has 0 atom stereocenters. The Balaban J connectivity index is 0.000000312. The van der Waals surface area contributed by atoms with Gasteiger partial charge in [0, 0.05) is 20.1 Å². The number of aliphatic hydroxyl groups is 1. The Hall–Kier alpha value is -2.29. The maximum Gasteiger partial charge on any atom is 0.316 e. The van der Waals surface area contributed by atoms with Crippen molar-refractivity contribution in [3.8, 4) is 11.3 Å². The van der Waals surface area contributed by atoms with Gasteiger partial charge in [0.2, 0.25) is 0 Å². The van der Waals surface area contributed by atoms with Crippen LogP contribution in [0.15, 0.2) is 72.5 Å². The van der Waals surface area contributed by atoms with E-state index >= 15 is 0 Å². The minimum Gasteiger partial charge on any atom is -0.512 e. The molecule has 0 aliphatic heterocycles. The van der Waals surface area contributed by atoms with E-state index in [2.05, 4.69) is 23.2 Å². The molecule has 0 fully saturated rings. The van der Waals surface area contributed by atoms with Crippen molar-refractivity contribution in [1.29, 1.82) is 0 Å². The van der Waals surface area contributed by atoms with Crippen LogP contribution in [-0.4, -0.2) is 20.7 Å². The van der Waals surface area contributed by atoms with E-state index < -0.39 is 0 Å². The first-order valence-electron chi connectivity index (χ1n) is 7.29. The van der Waals surface area contributed by atoms with Crippen molar-refractivity contribution in [2.45, 2.75) is 13.8 Å². The number of benzene rings is 2. The van der Waals surface area contributed by atoms with Gasteiger partial charge in [0.25, 0.3) is 0 Å². The third-order valence-electron chi connectivity index (χ3n) is 3.00. The number of ketones is 1. The Morgan fingerprint density at radius 2 is 1.75 bits per heavy atom. The average Bonchev–Trinajstić information content (AvgIpc) is 2.54. The van der Waals surface area contributed by atoms with Crippen LogP contribution in [0.2, 0.25) is 0 Å². The molecule has 3 aromatic rings. The number of fused-ring (bicyclic) bond motifs is 1. The second-order valence-electron chi connectivity index (χ2n) is 5.09. The Labute approximate surface area is 155 Å². The molecule has 0 saturated carbocycles. The fraction of sp³-hybridized carbons (Fsp3) is 0.100. The van der Waals surface area contributed by atoms with Crippen LogP contribution in [-0.2, 0) is 20.1 Å². The van der Waals surface area contributed by atoms with E-state index in [1.165, 1.54) is 25.3 Å². The molecule has 3 nitrogen and oxygen atoms in total. The van der Waals surface area contributed by atoms with E-state index in [1.807, 2.05) is 48.5 Å². The molecular weight excluding hydrogens is 478 g/mol. The molecule has 0 aliphatic carbocycles. The summed E-state index contributed by atoms with van der Waals surface area (Å²) in [5.41, 5.74) is 3.03. The van der Waals surface area contributed by atoms with Gasteiger partial charge in [-0.15, -0.1) is 35.9 Å². The molecule has 1 heterocycles. The molecule has 4 heteroatoms. The summed E-state index contributed by atoms with van der Waals surface area (Å²) < 4.78 is 0. The van der Waals surface area contributed by atoms with Crippen LogP contribution in [0.3, 0.4) is 0 Å². The molecule has 2 N–H and O–H groups in total. The van der Waals surface area contributed by atoms with Gasteiger partial charge in [-0.05, 0) is 24.1 Å². The van der Waals surface area contributed by atoms with E-state index in [0.29, 0.717) is 0 Å². The molecular formula is C20H19IrNO2. The van der Waals surface area contributed by atoms with Crippen LogP contribution in [0.1, 0.15) is 13.8 Å². The smallest absolute Gasteiger partial charge is 0.316 e. The number of hydrogen-bond donors (Lipinski definition) is 1. The molecule has 1 aromatic heterocycles. The van der Waals surface area contributed by atoms with Crippen molar-refractivity contribution >= 4 is 16.7 Å². The molecule has 1 radical (unpaired) electrons. The SMILES string of the molecule is CC(=[OH+])/C=C(/C)O.[Ir].[c-]1ccccc1-c1ccc2ccccc2n1. The predicted molar refractivity (Wildman–Crippen MR) is 95.0 cm³/mol. The number of carbonyl (C=O) groups excluding carboxylic acids is 1. The minimum atomic E-state index is 0. The zero-order valence-electron chi connectivity index (χ0n) is 13.5. The van der Waals surface area contributed by atoms with Gasteiger partial charge in [0.15, 0.2) is 0 Å². The quantitative estimate of drug-likeness (QED) is 0.241. The minimum absolute atomic E-state index is 0. The number of rotatable bonds is 2. The number of aliphatic hydroxyl groups excluding tert-OH is 1. The number of aromatic nitrogens is 1. The van der Waals surface area contributed by atoms with Crippen molar-refractivity contribution in [3.63, 3.8) is 0 Å². The molecule has 3 rings (SSSR count). The van der Waals surface area contributed by atoms with Gasteiger partial charge in [-0.1, -0.05) is 30.3 Å². The number of nitrogens with zero attached hydrogens (tertiary/aromatic N) is 1. The molecule has 24 heavy (non-hydrogen) atoms.